The normalized spacial score (nSPS) is 15.2. The third-order valence-electron chi connectivity index (χ3n) is 1.92. The van der Waals surface area contributed by atoms with Crippen LogP contribution in [0.25, 0.3) is 0 Å². The summed E-state index contributed by atoms with van der Waals surface area (Å²) < 4.78 is 4.95. The van der Waals surface area contributed by atoms with Crippen LogP contribution in [0.15, 0.2) is 35.4 Å². The molecule has 2 rings (SSSR count). The van der Waals surface area contributed by atoms with E-state index in [4.69, 9.17) is 10.1 Å². The molecule has 0 bridgehead atoms. The summed E-state index contributed by atoms with van der Waals surface area (Å²) in [5.41, 5.74) is 1.02. The van der Waals surface area contributed by atoms with Gasteiger partial charge in [0.2, 0.25) is 0 Å². The topological polar surface area (TPSA) is 48.7 Å². The van der Waals surface area contributed by atoms with Gasteiger partial charge in [-0.25, -0.2) is 10.4 Å². The number of amidine groups is 1. The van der Waals surface area contributed by atoms with Gasteiger partial charge >= 0.3 is 6.02 Å². The minimum atomic E-state index is 0. The number of nitrogens with one attached hydrogen (secondary N) is 1. The van der Waals surface area contributed by atoms with E-state index in [0.29, 0.717) is 13.2 Å². The molecule has 1 aliphatic heterocycles. The summed E-state index contributed by atoms with van der Waals surface area (Å²) in [6.07, 6.45) is 1.73. The molecule has 0 spiro atoms. The molecule has 15 heavy (non-hydrogen) atoms. The maximum Gasteiger partial charge on any atom is 0.305 e. The van der Waals surface area contributed by atoms with Crippen LogP contribution in [0.5, 0.6) is 0 Å². The number of hydrogen-bond acceptors (Lipinski definition) is 3. The Kier molecular flexibility index (Phi) is 4.12. The summed E-state index contributed by atoms with van der Waals surface area (Å²) in [6.45, 7) is 1.20. The van der Waals surface area contributed by atoms with Crippen molar-refractivity contribution in [1.29, 1.82) is 5.41 Å². The SMILES string of the molecule is Cl.N=C1OCCN1N=Cc1ccccc1. The molecule has 0 aliphatic carbocycles. The average molecular weight is 226 g/mol. The molecule has 80 valence electrons. The van der Waals surface area contributed by atoms with Gasteiger partial charge in [0.15, 0.2) is 0 Å². The van der Waals surface area contributed by atoms with Crippen molar-refractivity contribution in [1.82, 2.24) is 5.01 Å². The molecule has 0 saturated carbocycles. The smallest absolute Gasteiger partial charge is 0.305 e. The predicted octanol–water partition coefficient (Wildman–Crippen LogP) is 1.71. The lowest BCUT2D eigenvalue weighted by Gasteiger charge is -2.05. The lowest BCUT2D eigenvalue weighted by molar-refractivity contribution is 0.348. The highest BCUT2D eigenvalue weighted by Crippen LogP contribution is 2.02. The quantitative estimate of drug-likeness (QED) is 0.779. The van der Waals surface area contributed by atoms with Crippen molar-refractivity contribution in [2.24, 2.45) is 5.10 Å². The first-order chi connectivity index (χ1) is 6.86. The fraction of sp³-hybridized carbons (Fsp3) is 0.200. The molecule has 5 heteroatoms. The predicted molar refractivity (Wildman–Crippen MR) is 61.7 cm³/mol. The van der Waals surface area contributed by atoms with Crippen molar-refractivity contribution in [2.45, 2.75) is 0 Å². The van der Waals surface area contributed by atoms with Crippen molar-refractivity contribution in [3.05, 3.63) is 35.9 Å². The van der Waals surface area contributed by atoms with Gasteiger partial charge in [-0.05, 0) is 5.56 Å². The van der Waals surface area contributed by atoms with E-state index in [9.17, 15) is 0 Å². The molecular weight excluding hydrogens is 214 g/mol. The summed E-state index contributed by atoms with van der Waals surface area (Å²) in [7, 11) is 0. The largest absolute Gasteiger partial charge is 0.462 e. The minimum Gasteiger partial charge on any atom is -0.462 e. The van der Waals surface area contributed by atoms with Gasteiger partial charge in [-0.2, -0.15) is 5.10 Å². The second-order valence-corrected chi connectivity index (χ2v) is 2.93. The van der Waals surface area contributed by atoms with Crippen LogP contribution in [-0.4, -0.2) is 30.4 Å². The van der Waals surface area contributed by atoms with Crippen LogP contribution < -0.4 is 0 Å². The Bertz CT molecular complexity index is 353. The number of ether oxygens (including phenoxy) is 1. The van der Waals surface area contributed by atoms with Gasteiger partial charge in [-0.1, -0.05) is 30.3 Å². The Morgan fingerprint density at radius 1 is 1.33 bits per heavy atom. The van der Waals surface area contributed by atoms with Crippen molar-refractivity contribution in [3.8, 4) is 0 Å². The number of rotatable bonds is 2. The van der Waals surface area contributed by atoms with Gasteiger partial charge < -0.3 is 4.74 Å². The molecule has 1 fully saturated rings. The molecule has 1 N–H and O–H groups in total. The van der Waals surface area contributed by atoms with Gasteiger partial charge in [0.05, 0.1) is 12.8 Å². The van der Waals surface area contributed by atoms with Crippen LogP contribution >= 0.6 is 12.4 Å². The molecular formula is C10H12ClN3O. The highest BCUT2D eigenvalue weighted by molar-refractivity contribution is 5.85. The van der Waals surface area contributed by atoms with Gasteiger partial charge in [0.25, 0.3) is 0 Å². The fourth-order valence-corrected chi connectivity index (χ4v) is 1.19. The molecule has 1 aliphatic rings. The van der Waals surface area contributed by atoms with Crippen molar-refractivity contribution in [2.75, 3.05) is 13.2 Å². The van der Waals surface area contributed by atoms with E-state index < -0.39 is 0 Å². The number of hydrogen-bond donors (Lipinski definition) is 1. The van der Waals surface area contributed by atoms with Crippen molar-refractivity contribution < 1.29 is 4.74 Å². The monoisotopic (exact) mass is 225 g/mol. The highest BCUT2D eigenvalue weighted by atomic mass is 35.5. The molecule has 0 unspecified atom stereocenters. The zero-order valence-electron chi connectivity index (χ0n) is 8.09. The maximum absolute atomic E-state index is 7.36. The first kappa shape index (κ1) is 11.5. The summed E-state index contributed by atoms with van der Waals surface area (Å²) in [4.78, 5) is 0. The lowest BCUT2D eigenvalue weighted by atomic mass is 10.2. The van der Waals surface area contributed by atoms with Gasteiger partial charge in [-0.3, -0.25) is 0 Å². The average Bonchev–Trinajstić information content (AvgIpc) is 2.63. The van der Waals surface area contributed by atoms with E-state index in [1.54, 1.807) is 6.21 Å². The molecule has 4 nitrogen and oxygen atoms in total. The second kappa shape index (κ2) is 5.36. The van der Waals surface area contributed by atoms with Crippen LogP contribution in [0.1, 0.15) is 5.56 Å². The number of nitrogens with zero attached hydrogens (tertiary/aromatic N) is 2. The Balaban J connectivity index is 0.00000112. The third kappa shape index (κ3) is 2.95. The van der Waals surface area contributed by atoms with Crippen molar-refractivity contribution >= 4 is 24.6 Å². The van der Waals surface area contributed by atoms with E-state index in [2.05, 4.69) is 5.10 Å². The maximum atomic E-state index is 7.36. The first-order valence-corrected chi connectivity index (χ1v) is 4.44. The summed E-state index contributed by atoms with van der Waals surface area (Å²) in [6, 6.07) is 9.91. The summed E-state index contributed by atoms with van der Waals surface area (Å²) in [5, 5.41) is 13.0. The Morgan fingerprint density at radius 2 is 2.07 bits per heavy atom. The zero-order chi connectivity index (χ0) is 9.80. The fourth-order valence-electron chi connectivity index (χ4n) is 1.19. The molecule has 0 amide bonds. The van der Waals surface area contributed by atoms with Crippen LogP contribution in [0.2, 0.25) is 0 Å². The Labute approximate surface area is 94.5 Å². The van der Waals surface area contributed by atoms with Crippen LogP contribution in [0, 0.1) is 5.41 Å². The molecule has 0 atom stereocenters. The van der Waals surface area contributed by atoms with Gasteiger partial charge in [-0.15, -0.1) is 12.4 Å². The summed E-state index contributed by atoms with van der Waals surface area (Å²) in [5.74, 6) is 0. The van der Waals surface area contributed by atoms with E-state index in [-0.39, 0.29) is 18.4 Å². The van der Waals surface area contributed by atoms with Crippen LogP contribution in [-0.2, 0) is 4.74 Å². The standard InChI is InChI=1S/C10H11N3O.ClH/c11-10-13(6-7-14-10)12-8-9-4-2-1-3-5-9;/h1-5,8,11H,6-7H2;1H. The number of hydrazone groups is 1. The summed E-state index contributed by atoms with van der Waals surface area (Å²) >= 11 is 0. The van der Waals surface area contributed by atoms with E-state index >= 15 is 0 Å². The third-order valence-corrected chi connectivity index (χ3v) is 1.92. The van der Waals surface area contributed by atoms with E-state index in [1.165, 1.54) is 5.01 Å². The number of halogens is 1. The lowest BCUT2D eigenvalue weighted by Crippen LogP contribution is -2.18. The molecule has 1 heterocycles. The first-order valence-electron chi connectivity index (χ1n) is 4.44. The zero-order valence-corrected chi connectivity index (χ0v) is 8.91. The van der Waals surface area contributed by atoms with E-state index in [0.717, 1.165) is 5.56 Å². The number of benzene rings is 1. The van der Waals surface area contributed by atoms with Crippen LogP contribution in [0.4, 0.5) is 0 Å². The van der Waals surface area contributed by atoms with E-state index in [1.807, 2.05) is 30.3 Å². The van der Waals surface area contributed by atoms with Gasteiger partial charge in [0, 0.05) is 0 Å². The molecule has 1 saturated heterocycles. The molecule has 0 aromatic heterocycles. The molecule has 0 radical (unpaired) electrons. The Hall–Kier alpha value is -1.55. The Morgan fingerprint density at radius 3 is 2.67 bits per heavy atom. The van der Waals surface area contributed by atoms with Gasteiger partial charge in [0.1, 0.15) is 6.61 Å². The molecule has 1 aromatic carbocycles. The second-order valence-electron chi connectivity index (χ2n) is 2.93. The molecule has 1 aromatic rings. The highest BCUT2D eigenvalue weighted by Gasteiger charge is 2.16. The minimum absolute atomic E-state index is 0. The van der Waals surface area contributed by atoms with Crippen LogP contribution in [0.3, 0.4) is 0 Å². The van der Waals surface area contributed by atoms with Crippen molar-refractivity contribution in [3.63, 3.8) is 0 Å².